The molecule has 2 rings (SSSR count). The molecule has 0 radical (unpaired) electrons. The monoisotopic (exact) mass is 358 g/mol. The Bertz CT molecular complexity index is 681. The normalized spacial score (nSPS) is 22.1. The van der Waals surface area contributed by atoms with Crippen LogP contribution in [-0.2, 0) is 10.0 Å². The molecule has 1 saturated carbocycles. The number of benzene rings is 1. The highest BCUT2D eigenvalue weighted by molar-refractivity contribution is 7.89. The number of hydrogen-bond donors (Lipinski definition) is 1. The van der Waals surface area contributed by atoms with Crippen LogP contribution in [0.4, 0.5) is 0 Å². The summed E-state index contributed by atoms with van der Waals surface area (Å²) in [7, 11) is -0.693. The van der Waals surface area contributed by atoms with Gasteiger partial charge >= 0.3 is 0 Å². The third-order valence-corrected chi connectivity index (χ3v) is 6.45. The molecule has 1 aromatic rings. The minimum absolute atomic E-state index is 0.0642. The molecule has 5 nitrogen and oxygen atoms in total. The zero-order chi connectivity index (χ0) is 17.2. The van der Waals surface area contributed by atoms with Crippen LogP contribution in [0.15, 0.2) is 23.1 Å². The van der Waals surface area contributed by atoms with Crippen molar-refractivity contribution in [3.05, 3.63) is 28.8 Å². The Hall–Kier alpha value is -1.11. The van der Waals surface area contributed by atoms with Crippen LogP contribution in [0, 0.1) is 5.92 Å². The molecule has 0 bridgehead atoms. The lowest BCUT2D eigenvalue weighted by Gasteiger charge is -2.27. The first kappa shape index (κ1) is 18.2. The topological polar surface area (TPSA) is 66.5 Å². The predicted molar refractivity (Wildman–Crippen MR) is 91.2 cm³/mol. The minimum Gasteiger partial charge on any atom is -0.349 e. The van der Waals surface area contributed by atoms with Crippen LogP contribution in [0.1, 0.15) is 43.0 Å². The van der Waals surface area contributed by atoms with E-state index in [0.29, 0.717) is 5.92 Å². The van der Waals surface area contributed by atoms with Gasteiger partial charge in [-0.3, -0.25) is 4.79 Å². The van der Waals surface area contributed by atoms with E-state index in [4.69, 9.17) is 11.6 Å². The summed E-state index contributed by atoms with van der Waals surface area (Å²) in [5.41, 5.74) is 0.202. The molecular weight excluding hydrogens is 336 g/mol. The smallest absolute Gasteiger partial charge is 0.253 e. The van der Waals surface area contributed by atoms with Crippen molar-refractivity contribution >= 4 is 27.5 Å². The lowest BCUT2D eigenvalue weighted by Crippen LogP contribution is -2.37. The Morgan fingerprint density at radius 3 is 2.39 bits per heavy atom. The van der Waals surface area contributed by atoms with Crippen molar-refractivity contribution < 1.29 is 13.2 Å². The van der Waals surface area contributed by atoms with E-state index in [1.807, 2.05) is 0 Å². The first-order valence-electron chi connectivity index (χ1n) is 7.74. The van der Waals surface area contributed by atoms with Gasteiger partial charge in [-0.15, -0.1) is 0 Å². The van der Waals surface area contributed by atoms with Gasteiger partial charge in [0.05, 0.1) is 15.5 Å². The number of hydrogen-bond acceptors (Lipinski definition) is 3. The van der Waals surface area contributed by atoms with Crippen molar-refractivity contribution in [1.29, 1.82) is 0 Å². The number of rotatable bonds is 4. The van der Waals surface area contributed by atoms with Crippen LogP contribution in [-0.4, -0.2) is 38.8 Å². The highest BCUT2D eigenvalue weighted by Gasteiger charge is 2.24. The maximum atomic E-state index is 12.5. The van der Waals surface area contributed by atoms with Gasteiger partial charge in [0.2, 0.25) is 10.0 Å². The quantitative estimate of drug-likeness (QED) is 0.899. The summed E-state index contributed by atoms with van der Waals surface area (Å²) >= 11 is 6.09. The zero-order valence-corrected chi connectivity index (χ0v) is 15.2. The number of sulfonamides is 1. The first-order valence-corrected chi connectivity index (χ1v) is 9.56. The number of nitrogens with one attached hydrogen (secondary N) is 1. The Morgan fingerprint density at radius 1 is 1.22 bits per heavy atom. The molecule has 0 heterocycles. The third kappa shape index (κ3) is 4.25. The molecule has 1 amide bonds. The van der Waals surface area contributed by atoms with Gasteiger partial charge in [0.25, 0.3) is 5.91 Å². The average Bonchev–Trinajstić information content (AvgIpc) is 2.49. The fourth-order valence-corrected chi connectivity index (χ4v) is 3.85. The molecule has 0 unspecified atom stereocenters. The fourth-order valence-electron chi connectivity index (χ4n) is 2.72. The number of amides is 1. The minimum atomic E-state index is -3.60. The Labute approximate surface area is 143 Å². The van der Waals surface area contributed by atoms with Gasteiger partial charge in [0, 0.05) is 20.1 Å². The Morgan fingerprint density at radius 2 is 1.83 bits per heavy atom. The molecule has 0 saturated heterocycles. The largest absolute Gasteiger partial charge is 0.349 e. The molecule has 1 N–H and O–H groups in total. The molecule has 0 spiro atoms. The molecule has 23 heavy (non-hydrogen) atoms. The van der Waals surface area contributed by atoms with Crippen LogP contribution in [0.5, 0.6) is 0 Å². The standard InChI is InChI=1S/C16H23ClN2O3S/c1-11-4-6-12(7-5-11)18-16(20)14-10-13(8-9-15(14)17)23(21,22)19(2)3/h8-12H,4-7H2,1-3H3,(H,18,20). The fraction of sp³-hybridized carbons (Fsp3) is 0.562. The van der Waals surface area contributed by atoms with Crippen molar-refractivity contribution in [2.75, 3.05) is 14.1 Å². The molecule has 0 aliphatic heterocycles. The number of carbonyl (C=O) groups is 1. The summed E-state index contributed by atoms with van der Waals surface area (Å²) in [5, 5.41) is 3.23. The average molecular weight is 359 g/mol. The lowest BCUT2D eigenvalue weighted by molar-refractivity contribution is 0.0923. The Kier molecular flexibility index (Phi) is 5.70. The van der Waals surface area contributed by atoms with Gasteiger partial charge in [-0.25, -0.2) is 12.7 Å². The predicted octanol–water partition coefficient (Wildman–Crippen LogP) is 2.90. The molecule has 1 fully saturated rings. The summed E-state index contributed by atoms with van der Waals surface area (Å²) in [6.45, 7) is 2.21. The zero-order valence-electron chi connectivity index (χ0n) is 13.7. The summed E-state index contributed by atoms with van der Waals surface area (Å²) in [5.74, 6) is 0.380. The Balaban J connectivity index is 2.20. The van der Waals surface area contributed by atoms with Crippen LogP contribution < -0.4 is 5.32 Å². The molecule has 7 heteroatoms. The number of nitrogens with zero attached hydrogens (tertiary/aromatic N) is 1. The van der Waals surface area contributed by atoms with Crippen LogP contribution in [0.25, 0.3) is 0 Å². The van der Waals surface area contributed by atoms with Crippen LogP contribution >= 0.6 is 11.6 Å². The summed E-state index contributed by atoms with van der Waals surface area (Å²) in [4.78, 5) is 12.5. The van der Waals surface area contributed by atoms with E-state index in [1.165, 1.54) is 32.3 Å². The number of carbonyl (C=O) groups excluding carboxylic acids is 1. The molecule has 128 valence electrons. The molecule has 0 atom stereocenters. The second-order valence-corrected chi connectivity index (χ2v) is 8.92. The SMILES string of the molecule is CC1CCC(NC(=O)c2cc(S(=O)(=O)N(C)C)ccc2Cl)CC1. The van der Waals surface area contributed by atoms with Gasteiger partial charge in [-0.05, 0) is 49.8 Å². The van der Waals surface area contributed by atoms with Gasteiger partial charge in [-0.2, -0.15) is 0 Å². The van der Waals surface area contributed by atoms with Crippen LogP contribution in [0.2, 0.25) is 5.02 Å². The highest BCUT2D eigenvalue weighted by Crippen LogP contribution is 2.25. The van der Waals surface area contributed by atoms with E-state index in [1.54, 1.807) is 0 Å². The van der Waals surface area contributed by atoms with E-state index in [2.05, 4.69) is 12.2 Å². The molecule has 1 aliphatic rings. The third-order valence-electron chi connectivity index (χ3n) is 4.31. The van der Waals surface area contributed by atoms with E-state index in [0.717, 1.165) is 30.0 Å². The van der Waals surface area contributed by atoms with E-state index < -0.39 is 10.0 Å². The summed E-state index contributed by atoms with van der Waals surface area (Å²) in [6, 6.07) is 4.34. The van der Waals surface area contributed by atoms with Gasteiger partial charge in [-0.1, -0.05) is 18.5 Å². The van der Waals surface area contributed by atoms with Crippen LogP contribution in [0.3, 0.4) is 0 Å². The summed E-state index contributed by atoms with van der Waals surface area (Å²) < 4.78 is 25.5. The van der Waals surface area contributed by atoms with Crippen molar-refractivity contribution in [3.8, 4) is 0 Å². The highest BCUT2D eigenvalue weighted by atomic mass is 35.5. The molecule has 0 aromatic heterocycles. The van der Waals surface area contributed by atoms with E-state index >= 15 is 0 Å². The van der Waals surface area contributed by atoms with Crippen molar-refractivity contribution in [2.24, 2.45) is 5.92 Å². The van der Waals surface area contributed by atoms with Crippen molar-refractivity contribution in [3.63, 3.8) is 0 Å². The second-order valence-electron chi connectivity index (χ2n) is 6.36. The van der Waals surface area contributed by atoms with Gasteiger partial charge < -0.3 is 5.32 Å². The van der Waals surface area contributed by atoms with E-state index in [-0.39, 0.29) is 27.4 Å². The maximum Gasteiger partial charge on any atom is 0.253 e. The molecule has 1 aromatic carbocycles. The summed E-state index contributed by atoms with van der Waals surface area (Å²) in [6.07, 6.45) is 4.07. The lowest BCUT2D eigenvalue weighted by atomic mass is 9.87. The molecular formula is C16H23ClN2O3S. The maximum absolute atomic E-state index is 12.5. The second kappa shape index (κ2) is 7.20. The number of halogens is 1. The van der Waals surface area contributed by atoms with Crippen molar-refractivity contribution in [2.45, 2.75) is 43.5 Å². The first-order chi connectivity index (χ1) is 10.7. The van der Waals surface area contributed by atoms with E-state index in [9.17, 15) is 13.2 Å². The van der Waals surface area contributed by atoms with Crippen molar-refractivity contribution in [1.82, 2.24) is 9.62 Å². The van der Waals surface area contributed by atoms with Gasteiger partial charge in [0.15, 0.2) is 0 Å². The van der Waals surface area contributed by atoms with Gasteiger partial charge in [0.1, 0.15) is 0 Å². The molecule has 1 aliphatic carbocycles.